The van der Waals surface area contributed by atoms with Crippen LogP contribution >= 0.6 is 0 Å². The number of hydrogen-bond donors (Lipinski definition) is 1. The largest absolute Gasteiger partial charge is 0.392 e. The second kappa shape index (κ2) is 5.28. The van der Waals surface area contributed by atoms with E-state index in [1.165, 1.54) is 68.1 Å². The van der Waals surface area contributed by atoms with Gasteiger partial charge in [0.25, 0.3) is 0 Å². The van der Waals surface area contributed by atoms with Gasteiger partial charge in [-0.25, -0.2) is 0 Å². The molecule has 1 aromatic rings. The van der Waals surface area contributed by atoms with Crippen LogP contribution in [0.3, 0.4) is 0 Å². The molecule has 1 aromatic carbocycles. The lowest BCUT2D eigenvalue weighted by Crippen LogP contribution is -2.35. The third-order valence-electron chi connectivity index (χ3n) is 5.39. The molecule has 2 aliphatic carbocycles. The summed E-state index contributed by atoms with van der Waals surface area (Å²) < 4.78 is 0. The molecule has 19 heavy (non-hydrogen) atoms. The van der Waals surface area contributed by atoms with Crippen LogP contribution in [0.25, 0.3) is 0 Å². The lowest BCUT2D eigenvalue weighted by Gasteiger charge is -2.38. The predicted molar refractivity (Wildman–Crippen MR) is 79.4 cm³/mol. The highest BCUT2D eigenvalue weighted by atomic mass is 16.3. The van der Waals surface area contributed by atoms with Gasteiger partial charge in [0.1, 0.15) is 0 Å². The summed E-state index contributed by atoms with van der Waals surface area (Å²) in [4.78, 5) is 0. The molecular formula is C18H26O. The van der Waals surface area contributed by atoms with E-state index >= 15 is 0 Å². The van der Waals surface area contributed by atoms with Crippen LogP contribution in [0.5, 0.6) is 0 Å². The lowest BCUT2D eigenvalue weighted by atomic mass is 9.70. The molecule has 1 nitrogen and oxygen atoms in total. The first-order valence-corrected chi connectivity index (χ1v) is 7.96. The zero-order valence-electron chi connectivity index (χ0n) is 12.1. The van der Waals surface area contributed by atoms with E-state index in [9.17, 15) is 5.11 Å². The summed E-state index contributed by atoms with van der Waals surface area (Å²) in [6, 6.07) is 6.87. The summed E-state index contributed by atoms with van der Waals surface area (Å²) in [5, 5.41) is 10.6. The van der Waals surface area contributed by atoms with E-state index in [-0.39, 0.29) is 11.5 Å². The molecule has 1 unspecified atom stereocenters. The van der Waals surface area contributed by atoms with Gasteiger partial charge in [0.15, 0.2) is 0 Å². The van der Waals surface area contributed by atoms with Crippen LogP contribution in [0, 0.1) is 5.41 Å². The van der Waals surface area contributed by atoms with Crippen LogP contribution in [0.2, 0.25) is 0 Å². The quantitative estimate of drug-likeness (QED) is 0.867. The minimum atomic E-state index is -0.174. The van der Waals surface area contributed by atoms with Gasteiger partial charge in [-0.15, -0.1) is 0 Å². The maximum atomic E-state index is 10.6. The standard InChI is InChI=1S/C18H26O/c1-18(10-3-2-4-11-18)17(19)13-14-8-9-15-6-5-7-16(15)12-14/h8-9,12,17,19H,2-7,10-11,13H2,1H3. The molecule has 0 aliphatic heterocycles. The molecule has 1 fully saturated rings. The molecule has 0 bridgehead atoms. The van der Waals surface area contributed by atoms with Crippen LogP contribution < -0.4 is 0 Å². The molecule has 3 rings (SSSR count). The number of aliphatic hydroxyl groups excluding tert-OH is 1. The van der Waals surface area contributed by atoms with Crippen LogP contribution in [-0.2, 0) is 19.3 Å². The minimum absolute atomic E-state index is 0.150. The van der Waals surface area contributed by atoms with E-state index in [4.69, 9.17) is 0 Å². The molecule has 104 valence electrons. The van der Waals surface area contributed by atoms with Crippen LogP contribution in [0.4, 0.5) is 0 Å². The van der Waals surface area contributed by atoms with E-state index in [1.807, 2.05) is 0 Å². The number of fused-ring (bicyclic) bond motifs is 1. The van der Waals surface area contributed by atoms with Gasteiger partial charge in [0.2, 0.25) is 0 Å². The van der Waals surface area contributed by atoms with Gasteiger partial charge in [-0.3, -0.25) is 0 Å². The Hall–Kier alpha value is -0.820. The number of rotatable bonds is 3. The van der Waals surface area contributed by atoms with E-state index < -0.39 is 0 Å². The van der Waals surface area contributed by atoms with Gasteiger partial charge in [-0.2, -0.15) is 0 Å². The zero-order chi connectivity index (χ0) is 13.3. The third kappa shape index (κ3) is 2.72. The average molecular weight is 258 g/mol. The normalized spacial score (nSPS) is 23.1. The highest BCUT2D eigenvalue weighted by Gasteiger charge is 2.34. The Morgan fingerprint density at radius 2 is 1.79 bits per heavy atom. The summed E-state index contributed by atoms with van der Waals surface area (Å²) in [6.07, 6.45) is 10.8. The van der Waals surface area contributed by atoms with Crippen molar-refractivity contribution in [3.05, 3.63) is 34.9 Å². The SMILES string of the molecule is CC1(C(O)Cc2ccc3c(c2)CCC3)CCCCC1. The van der Waals surface area contributed by atoms with Gasteiger partial charge in [0.05, 0.1) is 6.10 Å². The minimum Gasteiger partial charge on any atom is -0.392 e. The lowest BCUT2D eigenvalue weighted by molar-refractivity contribution is 0.0104. The van der Waals surface area contributed by atoms with Crippen LogP contribution in [0.15, 0.2) is 18.2 Å². The zero-order valence-corrected chi connectivity index (χ0v) is 12.1. The third-order valence-corrected chi connectivity index (χ3v) is 5.39. The van der Waals surface area contributed by atoms with Crippen molar-refractivity contribution in [2.45, 2.75) is 70.8 Å². The predicted octanol–water partition coefficient (Wildman–Crippen LogP) is 4.05. The molecule has 1 N–H and O–H groups in total. The van der Waals surface area contributed by atoms with Crippen LogP contribution in [-0.4, -0.2) is 11.2 Å². The number of benzene rings is 1. The Bertz CT molecular complexity index is 443. The Morgan fingerprint density at radius 3 is 2.58 bits per heavy atom. The molecule has 1 heteroatoms. The first-order valence-electron chi connectivity index (χ1n) is 7.96. The average Bonchev–Trinajstić information content (AvgIpc) is 2.87. The van der Waals surface area contributed by atoms with E-state index in [2.05, 4.69) is 25.1 Å². The highest BCUT2D eigenvalue weighted by Crippen LogP contribution is 2.40. The fourth-order valence-electron chi connectivity index (χ4n) is 3.91. The molecular weight excluding hydrogens is 232 g/mol. The second-order valence-corrected chi connectivity index (χ2v) is 6.89. The Morgan fingerprint density at radius 1 is 1.05 bits per heavy atom. The molecule has 0 saturated heterocycles. The smallest absolute Gasteiger partial charge is 0.0634 e. The van der Waals surface area contributed by atoms with Crippen molar-refractivity contribution < 1.29 is 5.11 Å². The fraction of sp³-hybridized carbons (Fsp3) is 0.667. The first kappa shape index (κ1) is 13.2. The summed E-state index contributed by atoms with van der Waals surface area (Å²) in [5.74, 6) is 0. The van der Waals surface area contributed by atoms with Crippen molar-refractivity contribution >= 4 is 0 Å². The van der Waals surface area contributed by atoms with Gasteiger partial charge in [-0.1, -0.05) is 44.4 Å². The molecule has 0 amide bonds. The number of aliphatic hydroxyl groups is 1. The maximum Gasteiger partial charge on any atom is 0.0634 e. The van der Waals surface area contributed by atoms with Crippen molar-refractivity contribution in [3.63, 3.8) is 0 Å². The number of aryl methyl sites for hydroxylation is 2. The summed E-state index contributed by atoms with van der Waals surface area (Å²) >= 11 is 0. The maximum absolute atomic E-state index is 10.6. The Kier molecular flexibility index (Phi) is 3.66. The highest BCUT2D eigenvalue weighted by molar-refractivity contribution is 5.35. The summed E-state index contributed by atoms with van der Waals surface area (Å²) in [6.45, 7) is 2.28. The first-order chi connectivity index (χ1) is 9.17. The van der Waals surface area contributed by atoms with E-state index in [1.54, 1.807) is 0 Å². The van der Waals surface area contributed by atoms with Crippen LogP contribution in [0.1, 0.15) is 62.1 Å². The topological polar surface area (TPSA) is 20.2 Å². The molecule has 0 spiro atoms. The van der Waals surface area contributed by atoms with Crippen molar-refractivity contribution in [2.24, 2.45) is 5.41 Å². The molecule has 1 atom stereocenters. The van der Waals surface area contributed by atoms with Crippen molar-refractivity contribution in [3.8, 4) is 0 Å². The summed E-state index contributed by atoms with van der Waals surface area (Å²) in [7, 11) is 0. The Balaban J connectivity index is 1.70. The summed E-state index contributed by atoms with van der Waals surface area (Å²) in [5.41, 5.74) is 4.54. The van der Waals surface area contributed by atoms with E-state index in [0.29, 0.717) is 0 Å². The van der Waals surface area contributed by atoms with Gasteiger partial charge < -0.3 is 5.11 Å². The van der Waals surface area contributed by atoms with Crippen molar-refractivity contribution in [2.75, 3.05) is 0 Å². The molecule has 0 aromatic heterocycles. The van der Waals surface area contributed by atoms with Crippen molar-refractivity contribution in [1.82, 2.24) is 0 Å². The van der Waals surface area contributed by atoms with Gasteiger partial charge >= 0.3 is 0 Å². The van der Waals surface area contributed by atoms with Gasteiger partial charge in [-0.05, 0) is 60.6 Å². The Labute approximate surface area is 117 Å². The second-order valence-electron chi connectivity index (χ2n) is 6.89. The molecule has 0 radical (unpaired) electrons. The van der Waals surface area contributed by atoms with Gasteiger partial charge in [0, 0.05) is 0 Å². The molecule has 0 heterocycles. The fourth-order valence-corrected chi connectivity index (χ4v) is 3.91. The molecule has 1 saturated carbocycles. The van der Waals surface area contributed by atoms with Crippen molar-refractivity contribution in [1.29, 1.82) is 0 Å². The monoisotopic (exact) mass is 258 g/mol. The molecule has 2 aliphatic rings. The number of hydrogen-bond acceptors (Lipinski definition) is 1. The van der Waals surface area contributed by atoms with E-state index in [0.717, 1.165) is 6.42 Å².